The molecular formula is C48H30S. The Hall–Kier alpha value is -6.02. The fraction of sp³-hybridized carbons (Fsp3) is 0. The second-order valence-corrected chi connectivity index (χ2v) is 13.9. The minimum absolute atomic E-state index is 1.23. The second kappa shape index (κ2) is 11.3. The van der Waals surface area contributed by atoms with Gasteiger partial charge in [0, 0.05) is 20.2 Å². The van der Waals surface area contributed by atoms with Crippen molar-refractivity contribution in [3.63, 3.8) is 0 Å². The topological polar surface area (TPSA) is 0 Å². The van der Waals surface area contributed by atoms with Crippen LogP contribution in [0.2, 0.25) is 0 Å². The summed E-state index contributed by atoms with van der Waals surface area (Å²) in [5, 5.41) is 10.3. The first kappa shape index (κ1) is 28.0. The number of rotatable bonds is 4. The quantitative estimate of drug-likeness (QED) is 0.168. The van der Waals surface area contributed by atoms with Gasteiger partial charge < -0.3 is 0 Å². The lowest BCUT2D eigenvalue weighted by molar-refractivity contribution is 1.63. The number of hydrogen-bond donors (Lipinski definition) is 0. The Morgan fingerprint density at radius 1 is 0.286 bits per heavy atom. The zero-order chi connectivity index (χ0) is 32.3. The van der Waals surface area contributed by atoms with E-state index in [0.717, 1.165) is 0 Å². The fourth-order valence-corrected chi connectivity index (χ4v) is 8.99. The average molecular weight is 639 g/mol. The van der Waals surface area contributed by atoms with Crippen molar-refractivity contribution in [3.8, 4) is 44.5 Å². The zero-order valence-electron chi connectivity index (χ0n) is 26.7. The number of fused-ring (bicyclic) bond motifs is 6. The van der Waals surface area contributed by atoms with Crippen molar-refractivity contribution in [1.29, 1.82) is 0 Å². The third-order valence-corrected chi connectivity index (χ3v) is 11.2. The van der Waals surface area contributed by atoms with Crippen molar-refractivity contribution in [2.75, 3.05) is 0 Å². The minimum Gasteiger partial charge on any atom is -0.135 e. The number of benzene rings is 9. The molecule has 228 valence electrons. The van der Waals surface area contributed by atoms with Crippen LogP contribution < -0.4 is 0 Å². The lowest BCUT2D eigenvalue weighted by Gasteiger charge is -2.19. The normalized spacial score (nSPS) is 11.7. The first-order valence-electron chi connectivity index (χ1n) is 16.8. The molecule has 0 saturated heterocycles. The molecular weight excluding hydrogens is 609 g/mol. The highest BCUT2D eigenvalue weighted by Crippen LogP contribution is 2.46. The van der Waals surface area contributed by atoms with Gasteiger partial charge in [0.2, 0.25) is 0 Å². The summed E-state index contributed by atoms with van der Waals surface area (Å²) in [6.07, 6.45) is 0. The molecule has 10 rings (SSSR count). The Labute approximate surface area is 289 Å². The largest absolute Gasteiger partial charge is 0.135 e. The second-order valence-electron chi connectivity index (χ2n) is 12.8. The van der Waals surface area contributed by atoms with Gasteiger partial charge in [-0.05, 0) is 95.0 Å². The van der Waals surface area contributed by atoms with Crippen LogP contribution in [-0.2, 0) is 0 Å². The van der Waals surface area contributed by atoms with E-state index in [9.17, 15) is 0 Å². The van der Waals surface area contributed by atoms with Crippen LogP contribution in [0.3, 0.4) is 0 Å². The molecule has 0 atom stereocenters. The molecule has 0 spiro atoms. The van der Waals surface area contributed by atoms with Crippen LogP contribution in [0.25, 0.3) is 97.0 Å². The van der Waals surface area contributed by atoms with Crippen molar-refractivity contribution >= 4 is 63.8 Å². The summed E-state index contributed by atoms with van der Waals surface area (Å²) >= 11 is 1.87. The molecule has 0 aliphatic carbocycles. The molecule has 1 heteroatoms. The molecule has 0 N–H and O–H groups in total. The predicted octanol–water partition coefficient (Wildman–Crippen LogP) is 14.2. The molecule has 1 aromatic heterocycles. The van der Waals surface area contributed by atoms with Gasteiger partial charge in [-0.3, -0.25) is 0 Å². The van der Waals surface area contributed by atoms with Gasteiger partial charge >= 0.3 is 0 Å². The summed E-state index contributed by atoms with van der Waals surface area (Å²) in [4.78, 5) is 0. The first-order valence-corrected chi connectivity index (χ1v) is 17.7. The lowest BCUT2D eigenvalue weighted by atomic mass is 9.84. The maximum atomic E-state index is 2.37. The van der Waals surface area contributed by atoms with Crippen LogP contribution in [0, 0.1) is 0 Å². The van der Waals surface area contributed by atoms with Crippen LogP contribution in [0.4, 0.5) is 0 Å². The Morgan fingerprint density at radius 3 is 1.57 bits per heavy atom. The molecule has 9 aromatic carbocycles. The van der Waals surface area contributed by atoms with E-state index in [1.54, 1.807) is 0 Å². The lowest BCUT2D eigenvalue weighted by Crippen LogP contribution is -1.92. The molecule has 10 aromatic rings. The van der Waals surface area contributed by atoms with E-state index in [4.69, 9.17) is 0 Å². The molecule has 0 saturated carbocycles. The molecule has 0 amide bonds. The van der Waals surface area contributed by atoms with Crippen LogP contribution in [-0.4, -0.2) is 0 Å². The summed E-state index contributed by atoms with van der Waals surface area (Å²) < 4.78 is 2.67. The van der Waals surface area contributed by atoms with Crippen molar-refractivity contribution in [2.24, 2.45) is 0 Å². The van der Waals surface area contributed by atoms with Gasteiger partial charge in [0.05, 0.1) is 0 Å². The molecule has 0 nitrogen and oxygen atoms in total. The van der Waals surface area contributed by atoms with Gasteiger partial charge in [-0.25, -0.2) is 0 Å². The Morgan fingerprint density at radius 2 is 0.837 bits per heavy atom. The molecule has 0 bridgehead atoms. The predicted molar refractivity (Wildman–Crippen MR) is 214 cm³/mol. The van der Waals surface area contributed by atoms with Gasteiger partial charge in [-0.15, -0.1) is 11.3 Å². The van der Waals surface area contributed by atoms with Gasteiger partial charge in [0.1, 0.15) is 0 Å². The van der Waals surface area contributed by atoms with Crippen molar-refractivity contribution in [2.45, 2.75) is 0 Å². The summed E-state index contributed by atoms with van der Waals surface area (Å²) in [7, 11) is 0. The SMILES string of the molecule is c1ccc(-c2ccc3cccc(-c4c5ccccc5c(-c5ccc(-c6cccc7sc8ccccc8c67)cc5)c5ccccc45)c3c2)cc1. The molecule has 0 radical (unpaired) electrons. The van der Waals surface area contributed by atoms with E-state index >= 15 is 0 Å². The van der Waals surface area contributed by atoms with E-state index in [1.807, 2.05) is 11.3 Å². The standard InChI is InChI=1S/C48H30S/c1-2-12-31(13-3-1)35-29-26-32-14-10-21-41(43(32)30-35)47-39-17-6-4-15-37(39)46(38-16-5-7-18-40(38)47)34-27-24-33(25-28-34)36-20-11-23-45-48(36)42-19-8-9-22-44(42)49-45/h1-30H. The van der Waals surface area contributed by atoms with E-state index < -0.39 is 0 Å². The van der Waals surface area contributed by atoms with E-state index in [0.29, 0.717) is 0 Å². The molecule has 0 aliphatic rings. The van der Waals surface area contributed by atoms with Gasteiger partial charge in [-0.1, -0.05) is 164 Å². The fourth-order valence-electron chi connectivity index (χ4n) is 7.86. The van der Waals surface area contributed by atoms with Crippen LogP contribution in [0.15, 0.2) is 182 Å². The monoisotopic (exact) mass is 638 g/mol. The summed E-state index contributed by atoms with van der Waals surface area (Å²) in [5.41, 5.74) is 10.1. The Kier molecular flexibility index (Phi) is 6.47. The van der Waals surface area contributed by atoms with Gasteiger partial charge in [0.15, 0.2) is 0 Å². The third kappa shape index (κ3) is 4.51. The summed E-state index contributed by atoms with van der Waals surface area (Å²) in [5.74, 6) is 0. The van der Waals surface area contributed by atoms with Crippen LogP contribution >= 0.6 is 11.3 Å². The maximum Gasteiger partial charge on any atom is 0.0361 e. The van der Waals surface area contributed by atoms with Crippen molar-refractivity contribution in [1.82, 2.24) is 0 Å². The first-order chi connectivity index (χ1) is 24.3. The molecule has 0 unspecified atom stereocenters. The Balaban J connectivity index is 1.19. The van der Waals surface area contributed by atoms with Gasteiger partial charge in [-0.2, -0.15) is 0 Å². The smallest absolute Gasteiger partial charge is 0.0361 e. The zero-order valence-corrected chi connectivity index (χ0v) is 27.5. The maximum absolute atomic E-state index is 2.37. The highest BCUT2D eigenvalue weighted by molar-refractivity contribution is 7.25. The third-order valence-electron chi connectivity index (χ3n) is 10.1. The van der Waals surface area contributed by atoms with Gasteiger partial charge in [0.25, 0.3) is 0 Å². The van der Waals surface area contributed by atoms with E-state index in [-0.39, 0.29) is 0 Å². The number of thiophene rings is 1. The molecule has 1 heterocycles. The van der Waals surface area contributed by atoms with E-state index in [1.165, 1.54) is 97.0 Å². The average Bonchev–Trinajstić information content (AvgIpc) is 3.56. The van der Waals surface area contributed by atoms with Crippen LogP contribution in [0.5, 0.6) is 0 Å². The summed E-state index contributed by atoms with van der Waals surface area (Å²) in [6.45, 7) is 0. The minimum atomic E-state index is 1.23. The molecule has 0 aliphatic heterocycles. The number of hydrogen-bond acceptors (Lipinski definition) is 1. The molecule has 49 heavy (non-hydrogen) atoms. The molecule has 0 fully saturated rings. The van der Waals surface area contributed by atoms with Crippen molar-refractivity contribution in [3.05, 3.63) is 182 Å². The van der Waals surface area contributed by atoms with Crippen molar-refractivity contribution < 1.29 is 0 Å². The highest BCUT2D eigenvalue weighted by Gasteiger charge is 2.19. The highest BCUT2D eigenvalue weighted by atomic mass is 32.1. The summed E-state index contributed by atoms with van der Waals surface area (Å²) in [6, 6.07) is 66.9. The Bertz CT molecular complexity index is 2800. The van der Waals surface area contributed by atoms with Crippen LogP contribution in [0.1, 0.15) is 0 Å². The van der Waals surface area contributed by atoms with E-state index in [2.05, 4.69) is 182 Å².